The van der Waals surface area contributed by atoms with Gasteiger partial charge in [-0.3, -0.25) is 4.21 Å². The Bertz CT molecular complexity index is 807. The Morgan fingerprint density at radius 1 is 1.00 bits per heavy atom. The van der Waals surface area contributed by atoms with E-state index in [2.05, 4.69) is 43.1 Å². The van der Waals surface area contributed by atoms with Gasteiger partial charge < -0.3 is 4.42 Å². The molecule has 24 heavy (non-hydrogen) atoms. The molecule has 0 spiro atoms. The van der Waals surface area contributed by atoms with Gasteiger partial charge in [0, 0.05) is 22.1 Å². The lowest BCUT2D eigenvalue weighted by atomic mass is 10.0. The first-order chi connectivity index (χ1) is 11.6. The molecule has 0 bridgehead atoms. The summed E-state index contributed by atoms with van der Waals surface area (Å²) in [6, 6.07) is 18.1. The molecule has 3 aromatic rings. The lowest BCUT2D eigenvalue weighted by Gasteiger charge is -2.06. The lowest BCUT2D eigenvalue weighted by molar-refractivity contribution is 0.573. The summed E-state index contributed by atoms with van der Waals surface area (Å²) in [6.07, 6.45) is 1.60. The van der Waals surface area contributed by atoms with E-state index in [9.17, 15) is 4.21 Å². The van der Waals surface area contributed by atoms with Gasteiger partial charge in [0.25, 0.3) is 0 Å². The molecule has 0 N–H and O–H groups in total. The molecule has 3 nitrogen and oxygen atoms in total. The van der Waals surface area contributed by atoms with E-state index >= 15 is 0 Å². The maximum atomic E-state index is 12.4. The number of hydrogen-bond donors (Lipinski definition) is 0. The molecule has 0 radical (unpaired) electrons. The van der Waals surface area contributed by atoms with Crippen LogP contribution in [-0.2, 0) is 22.3 Å². The maximum Gasteiger partial charge on any atom is 0.226 e. The molecule has 0 aliphatic carbocycles. The van der Waals surface area contributed by atoms with Crippen molar-refractivity contribution in [2.45, 2.75) is 31.3 Å². The molecule has 4 heteroatoms. The van der Waals surface area contributed by atoms with Gasteiger partial charge >= 0.3 is 0 Å². The van der Waals surface area contributed by atoms with Crippen molar-refractivity contribution in [3.63, 3.8) is 0 Å². The Hall–Kier alpha value is -2.20. The van der Waals surface area contributed by atoms with Crippen LogP contribution in [0.4, 0.5) is 0 Å². The van der Waals surface area contributed by atoms with Crippen molar-refractivity contribution < 1.29 is 8.63 Å². The Balaban J connectivity index is 1.62. The lowest BCUT2D eigenvalue weighted by Crippen LogP contribution is -2.00. The van der Waals surface area contributed by atoms with Gasteiger partial charge in [0.1, 0.15) is 6.26 Å². The second kappa shape index (κ2) is 7.58. The smallest absolute Gasteiger partial charge is 0.226 e. The molecular formula is C20H21NO2S. The fraction of sp³-hybridized carbons (Fsp3) is 0.250. The molecule has 1 unspecified atom stereocenters. The van der Waals surface area contributed by atoms with Crippen molar-refractivity contribution in [2.24, 2.45) is 0 Å². The predicted molar refractivity (Wildman–Crippen MR) is 98.0 cm³/mol. The highest BCUT2D eigenvalue weighted by molar-refractivity contribution is 7.83. The minimum Gasteiger partial charge on any atom is -0.444 e. The van der Waals surface area contributed by atoms with E-state index in [4.69, 9.17) is 4.42 Å². The van der Waals surface area contributed by atoms with Crippen molar-refractivity contribution >= 4 is 10.8 Å². The molecule has 3 rings (SSSR count). The van der Waals surface area contributed by atoms with Crippen molar-refractivity contribution in [3.05, 3.63) is 77.7 Å². The molecule has 0 saturated carbocycles. The highest BCUT2D eigenvalue weighted by atomic mass is 32.2. The molecule has 0 amide bonds. The van der Waals surface area contributed by atoms with Crippen LogP contribution in [-0.4, -0.2) is 9.19 Å². The number of nitrogens with zero attached hydrogens (tertiary/aromatic N) is 1. The summed E-state index contributed by atoms with van der Waals surface area (Å²) in [5, 5.41) is 0. The van der Waals surface area contributed by atoms with Gasteiger partial charge in [0.05, 0.1) is 11.4 Å². The van der Waals surface area contributed by atoms with Gasteiger partial charge in [-0.2, -0.15) is 0 Å². The van der Waals surface area contributed by atoms with E-state index < -0.39 is 10.8 Å². The molecule has 0 aliphatic heterocycles. The van der Waals surface area contributed by atoms with E-state index in [1.54, 1.807) is 6.26 Å². The van der Waals surface area contributed by atoms with Gasteiger partial charge in [-0.15, -0.1) is 0 Å². The predicted octanol–water partition coefficient (Wildman–Crippen LogP) is 4.91. The van der Waals surface area contributed by atoms with E-state index in [0.29, 0.717) is 23.3 Å². The molecule has 0 aliphatic rings. The topological polar surface area (TPSA) is 43.1 Å². The third-order valence-corrected chi connectivity index (χ3v) is 5.13. The quantitative estimate of drug-likeness (QED) is 0.640. The van der Waals surface area contributed by atoms with Gasteiger partial charge in [-0.25, -0.2) is 4.98 Å². The average Bonchev–Trinajstić information content (AvgIpc) is 3.04. The Kier molecular flexibility index (Phi) is 5.26. The first-order valence-electron chi connectivity index (χ1n) is 8.05. The van der Waals surface area contributed by atoms with E-state index in [-0.39, 0.29) is 0 Å². The Morgan fingerprint density at radius 3 is 2.38 bits per heavy atom. The van der Waals surface area contributed by atoms with Gasteiger partial charge in [-0.05, 0) is 29.2 Å². The molecule has 1 heterocycles. The van der Waals surface area contributed by atoms with E-state index in [0.717, 1.165) is 16.8 Å². The number of hydrogen-bond acceptors (Lipinski definition) is 3. The normalized spacial score (nSPS) is 12.5. The van der Waals surface area contributed by atoms with Crippen LogP contribution >= 0.6 is 0 Å². The standard InChI is InChI=1S/C20H21NO2S/c1-15(2)17-10-8-16(9-11-17)13-24(22)14-19-12-23-20(21-19)18-6-4-3-5-7-18/h3-12,15H,13-14H2,1-2H3. The van der Waals surface area contributed by atoms with Crippen LogP contribution in [0.2, 0.25) is 0 Å². The monoisotopic (exact) mass is 339 g/mol. The summed E-state index contributed by atoms with van der Waals surface area (Å²) in [6.45, 7) is 4.34. The first kappa shape index (κ1) is 16.7. The van der Waals surface area contributed by atoms with Gasteiger partial charge in [-0.1, -0.05) is 56.3 Å². The molecule has 1 aromatic heterocycles. The van der Waals surface area contributed by atoms with Crippen LogP contribution in [0.5, 0.6) is 0 Å². The van der Waals surface area contributed by atoms with Crippen LogP contribution in [0.1, 0.15) is 36.6 Å². The van der Waals surface area contributed by atoms with Gasteiger partial charge in [0.15, 0.2) is 0 Å². The summed E-state index contributed by atoms with van der Waals surface area (Å²) < 4.78 is 17.9. The SMILES string of the molecule is CC(C)c1ccc(CS(=O)Cc2coc(-c3ccccc3)n2)cc1. The van der Waals surface area contributed by atoms with Crippen LogP contribution in [0.3, 0.4) is 0 Å². The van der Waals surface area contributed by atoms with E-state index in [1.165, 1.54) is 5.56 Å². The average molecular weight is 339 g/mol. The second-order valence-electron chi connectivity index (χ2n) is 6.13. The molecule has 0 saturated heterocycles. The Labute approximate surface area is 145 Å². The highest BCUT2D eigenvalue weighted by Crippen LogP contribution is 2.20. The fourth-order valence-corrected chi connectivity index (χ4v) is 3.62. The molecule has 124 valence electrons. The van der Waals surface area contributed by atoms with Crippen LogP contribution < -0.4 is 0 Å². The summed E-state index contributed by atoms with van der Waals surface area (Å²) in [4.78, 5) is 4.44. The zero-order valence-corrected chi connectivity index (χ0v) is 14.8. The summed E-state index contributed by atoms with van der Waals surface area (Å²) in [7, 11) is -1.00. The molecule has 2 aromatic carbocycles. The Morgan fingerprint density at radius 2 is 1.71 bits per heavy atom. The third kappa shape index (κ3) is 4.20. The van der Waals surface area contributed by atoms with Crippen molar-refractivity contribution in [2.75, 3.05) is 0 Å². The number of benzene rings is 2. The third-order valence-electron chi connectivity index (χ3n) is 3.86. The maximum absolute atomic E-state index is 12.4. The summed E-state index contributed by atoms with van der Waals surface area (Å²) in [5.74, 6) is 2.02. The van der Waals surface area contributed by atoms with E-state index in [1.807, 2.05) is 30.3 Å². The van der Waals surface area contributed by atoms with Crippen LogP contribution in [0.25, 0.3) is 11.5 Å². The minimum atomic E-state index is -1.00. The molecule has 0 fully saturated rings. The second-order valence-corrected chi connectivity index (χ2v) is 7.59. The zero-order valence-electron chi connectivity index (χ0n) is 13.9. The number of aromatic nitrogens is 1. The summed E-state index contributed by atoms with van der Waals surface area (Å²) >= 11 is 0. The number of oxazole rings is 1. The highest BCUT2D eigenvalue weighted by Gasteiger charge is 2.10. The van der Waals surface area contributed by atoms with Crippen molar-refractivity contribution in [1.29, 1.82) is 0 Å². The van der Waals surface area contributed by atoms with Crippen LogP contribution in [0, 0.1) is 0 Å². The fourth-order valence-electron chi connectivity index (χ4n) is 2.49. The largest absolute Gasteiger partial charge is 0.444 e. The zero-order chi connectivity index (χ0) is 16.9. The molecule has 1 atom stereocenters. The first-order valence-corrected chi connectivity index (χ1v) is 9.54. The minimum absolute atomic E-state index is 0.405. The molecular weight excluding hydrogens is 318 g/mol. The summed E-state index contributed by atoms with van der Waals surface area (Å²) in [5.41, 5.74) is 4.04. The van der Waals surface area contributed by atoms with Crippen molar-refractivity contribution in [1.82, 2.24) is 4.98 Å². The van der Waals surface area contributed by atoms with Crippen molar-refractivity contribution in [3.8, 4) is 11.5 Å². The van der Waals surface area contributed by atoms with Gasteiger partial charge in [0.2, 0.25) is 5.89 Å². The number of rotatable bonds is 6. The van der Waals surface area contributed by atoms with Crippen LogP contribution in [0.15, 0.2) is 65.3 Å².